The van der Waals surface area contributed by atoms with E-state index in [4.69, 9.17) is 22.2 Å². The van der Waals surface area contributed by atoms with Gasteiger partial charge >= 0.3 is 6.94 Å². The van der Waals surface area contributed by atoms with E-state index in [-0.39, 0.29) is 0 Å². The van der Waals surface area contributed by atoms with E-state index in [1.807, 2.05) is 6.08 Å². The van der Waals surface area contributed by atoms with Crippen LogP contribution in [0.5, 0.6) is 0 Å². The Morgan fingerprint density at radius 2 is 0.955 bits per heavy atom. The van der Waals surface area contributed by atoms with Crippen LogP contribution in [0.1, 0.15) is 96.3 Å². The Bertz CT molecular complexity index is 242. The molecule has 22 heavy (non-hydrogen) atoms. The largest absolute Gasteiger partial charge is 0.409 e. The van der Waals surface area contributed by atoms with Gasteiger partial charge in [-0.1, -0.05) is 89.5 Å². The van der Waals surface area contributed by atoms with Crippen molar-refractivity contribution < 1.29 is 4.80 Å². The van der Waals surface area contributed by atoms with Gasteiger partial charge in [0, 0.05) is 0 Å². The lowest BCUT2D eigenvalue weighted by atomic mass is 10.0. The summed E-state index contributed by atoms with van der Waals surface area (Å²) in [5.41, 5.74) is 0. The van der Waals surface area contributed by atoms with Gasteiger partial charge in [0.25, 0.3) is 0 Å². The molecule has 0 aliphatic carbocycles. The summed E-state index contributed by atoms with van der Waals surface area (Å²) in [5, 5.41) is 0. The van der Waals surface area contributed by atoms with Gasteiger partial charge in [0.15, 0.2) is 0 Å². The Morgan fingerprint density at radius 1 is 0.636 bits per heavy atom. The average Bonchev–Trinajstić information content (AvgIpc) is 2.45. The summed E-state index contributed by atoms with van der Waals surface area (Å²) >= 11 is 11.3. The third-order valence-electron chi connectivity index (χ3n) is 4.14. The van der Waals surface area contributed by atoms with Crippen LogP contribution in [0, 0.1) is 0 Å². The van der Waals surface area contributed by atoms with Crippen molar-refractivity contribution in [3.63, 3.8) is 0 Å². The second-order valence-electron chi connectivity index (χ2n) is 6.44. The third kappa shape index (κ3) is 20.5. The van der Waals surface area contributed by atoms with Crippen LogP contribution in [-0.2, 0) is 0 Å². The molecule has 132 valence electrons. The predicted octanol–water partition coefficient (Wildman–Crippen LogP) is 7.43. The molecule has 0 rings (SSSR count). The van der Waals surface area contributed by atoms with Crippen molar-refractivity contribution in [3.8, 4) is 0 Å². The molecule has 0 spiro atoms. The molecule has 0 unspecified atom stereocenters. The molecule has 0 radical (unpaired) electrons. The van der Waals surface area contributed by atoms with Crippen LogP contribution in [0.25, 0.3) is 0 Å². The molecule has 0 fully saturated rings. The van der Waals surface area contributed by atoms with E-state index in [1.165, 1.54) is 83.5 Å². The molecule has 0 bridgehead atoms. The summed E-state index contributed by atoms with van der Waals surface area (Å²) in [6.45, 7) is 0.930. The average molecular weight is 367 g/mol. The maximum absolute atomic E-state index is 9.30. The molecule has 0 aliphatic rings. The molecule has 0 saturated heterocycles. The third-order valence-corrected chi connectivity index (χ3v) is 6.22. The maximum atomic E-state index is 9.30. The highest BCUT2D eigenvalue weighted by Crippen LogP contribution is 2.20. The second kappa shape index (κ2) is 16.4. The van der Waals surface area contributed by atoms with Crippen LogP contribution in [0.3, 0.4) is 0 Å². The lowest BCUT2D eigenvalue weighted by Gasteiger charge is -2.07. The summed E-state index contributed by atoms with van der Waals surface area (Å²) in [5.74, 6) is 0. The van der Waals surface area contributed by atoms with Crippen molar-refractivity contribution in [2.24, 2.45) is 0 Å². The van der Waals surface area contributed by atoms with E-state index >= 15 is 0 Å². The van der Waals surface area contributed by atoms with Crippen molar-refractivity contribution in [3.05, 3.63) is 12.7 Å². The SMILES string of the molecule is C=CCCCCCCCCCCCCCCCC[Si](O)(Cl)Cl. The Kier molecular flexibility index (Phi) is 16.7. The molecule has 4 heteroatoms. The first-order chi connectivity index (χ1) is 10.6. The van der Waals surface area contributed by atoms with Gasteiger partial charge in [-0.25, -0.2) is 0 Å². The minimum atomic E-state index is -2.82. The summed E-state index contributed by atoms with van der Waals surface area (Å²) in [6, 6.07) is 0.615. The van der Waals surface area contributed by atoms with Crippen LogP contribution >= 0.6 is 22.2 Å². The minimum Gasteiger partial charge on any atom is -0.409 e. The van der Waals surface area contributed by atoms with Gasteiger partial charge in [-0.05, 0) is 18.9 Å². The zero-order valence-electron chi connectivity index (χ0n) is 14.3. The standard InChI is InChI=1S/C18H36Cl2OSi/c1-2-3-4-5-6-7-8-9-10-11-12-13-14-15-16-17-18-22(19,20)21/h2,21H,1,3-18H2. The highest BCUT2D eigenvalue weighted by atomic mass is 35.7. The molecule has 0 amide bonds. The first-order valence-electron chi connectivity index (χ1n) is 9.27. The van der Waals surface area contributed by atoms with Crippen molar-refractivity contribution in [2.75, 3.05) is 0 Å². The Labute approximate surface area is 149 Å². The normalized spacial score (nSPS) is 11.8. The molecule has 0 saturated carbocycles. The zero-order valence-corrected chi connectivity index (χ0v) is 16.8. The molecule has 0 heterocycles. The molecule has 0 aliphatic heterocycles. The van der Waals surface area contributed by atoms with Gasteiger partial charge in [-0.3, -0.25) is 0 Å². The number of hydrogen-bond donors (Lipinski definition) is 1. The zero-order chi connectivity index (χ0) is 16.5. The van der Waals surface area contributed by atoms with Gasteiger partial charge in [0.05, 0.1) is 0 Å². The predicted molar refractivity (Wildman–Crippen MR) is 104 cm³/mol. The lowest BCUT2D eigenvalue weighted by Crippen LogP contribution is -2.17. The Morgan fingerprint density at radius 3 is 1.27 bits per heavy atom. The van der Waals surface area contributed by atoms with E-state index < -0.39 is 6.94 Å². The number of rotatable bonds is 17. The van der Waals surface area contributed by atoms with Crippen LogP contribution in [0.2, 0.25) is 6.04 Å². The first-order valence-corrected chi connectivity index (χ1v) is 13.4. The second-order valence-corrected chi connectivity index (χ2v) is 12.6. The quantitative estimate of drug-likeness (QED) is 0.123. The van der Waals surface area contributed by atoms with Crippen LogP contribution in [-0.4, -0.2) is 11.7 Å². The molecular formula is C18H36Cl2OSi. The fourth-order valence-corrected chi connectivity index (χ4v) is 4.22. The smallest absolute Gasteiger partial charge is 0.386 e. The van der Waals surface area contributed by atoms with Crippen LogP contribution in [0.4, 0.5) is 0 Å². The van der Waals surface area contributed by atoms with Crippen LogP contribution in [0.15, 0.2) is 12.7 Å². The summed E-state index contributed by atoms with van der Waals surface area (Å²) in [7, 11) is 0. The molecule has 0 aromatic rings. The molecule has 1 N–H and O–H groups in total. The Balaban J connectivity index is 3.01. The summed E-state index contributed by atoms with van der Waals surface area (Å²) in [4.78, 5) is 9.30. The van der Waals surface area contributed by atoms with E-state index in [2.05, 4.69) is 6.58 Å². The van der Waals surface area contributed by atoms with Crippen molar-refractivity contribution >= 4 is 29.1 Å². The monoisotopic (exact) mass is 366 g/mol. The fraction of sp³-hybridized carbons (Fsp3) is 0.889. The molecule has 1 nitrogen and oxygen atoms in total. The van der Waals surface area contributed by atoms with Crippen LogP contribution < -0.4 is 0 Å². The molecule has 0 aromatic carbocycles. The molecular weight excluding hydrogens is 331 g/mol. The van der Waals surface area contributed by atoms with Crippen molar-refractivity contribution in [1.82, 2.24) is 0 Å². The number of unbranched alkanes of at least 4 members (excludes halogenated alkanes) is 14. The highest BCUT2D eigenvalue weighted by molar-refractivity contribution is 7.41. The highest BCUT2D eigenvalue weighted by Gasteiger charge is 2.23. The lowest BCUT2D eigenvalue weighted by molar-refractivity contribution is 0.533. The Hall–Kier alpha value is 0.497. The van der Waals surface area contributed by atoms with E-state index in [1.54, 1.807) is 0 Å². The number of hydrogen-bond acceptors (Lipinski definition) is 1. The van der Waals surface area contributed by atoms with Gasteiger partial charge in [0.1, 0.15) is 0 Å². The number of halogens is 2. The van der Waals surface area contributed by atoms with Gasteiger partial charge in [-0.15, -0.1) is 28.7 Å². The summed E-state index contributed by atoms with van der Waals surface area (Å²) in [6.07, 6.45) is 21.8. The topological polar surface area (TPSA) is 20.2 Å². The van der Waals surface area contributed by atoms with E-state index in [0.717, 1.165) is 12.8 Å². The molecule has 0 aromatic heterocycles. The van der Waals surface area contributed by atoms with Gasteiger partial charge in [0.2, 0.25) is 0 Å². The summed E-state index contributed by atoms with van der Waals surface area (Å²) < 4.78 is 0. The van der Waals surface area contributed by atoms with Crippen molar-refractivity contribution in [1.29, 1.82) is 0 Å². The number of allylic oxidation sites excluding steroid dienone is 1. The van der Waals surface area contributed by atoms with Gasteiger partial charge < -0.3 is 4.80 Å². The van der Waals surface area contributed by atoms with E-state index in [9.17, 15) is 4.80 Å². The maximum Gasteiger partial charge on any atom is 0.386 e. The van der Waals surface area contributed by atoms with E-state index in [0.29, 0.717) is 6.04 Å². The van der Waals surface area contributed by atoms with Crippen molar-refractivity contribution in [2.45, 2.75) is 102 Å². The fourth-order valence-electron chi connectivity index (χ4n) is 2.75. The first kappa shape index (κ1) is 22.5. The minimum absolute atomic E-state index is 0.615. The molecule has 0 atom stereocenters. The van der Waals surface area contributed by atoms with Gasteiger partial charge in [-0.2, -0.15) is 0 Å².